The van der Waals surface area contributed by atoms with E-state index in [2.05, 4.69) is 9.71 Å². The number of sulfonamides is 1. The molecule has 2 aromatic rings. The van der Waals surface area contributed by atoms with E-state index in [4.69, 9.17) is 16.3 Å². The highest BCUT2D eigenvalue weighted by Gasteiger charge is 2.17. The van der Waals surface area contributed by atoms with Gasteiger partial charge in [0.05, 0.1) is 16.3 Å². The van der Waals surface area contributed by atoms with Crippen molar-refractivity contribution < 1.29 is 8.42 Å². The van der Waals surface area contributed by atoms with Gasteiger partial charge in [-0.3, -0.25) is 4.57 Å². The number of nitriles is 2. The molecule has 0 radical (unpaired) electrons. The number of nitrogen functional groups attached to an aromatic ring is 1. The summed E-state index contributed by atoms with van der Waals surface area (Å²) in [5.41, 5.74) is 6.27. The minimum atomic E-state index is -3.65. The van der Waals surface area contributed by atoms with Crippen molar-refractivity contribution in [3.63, 3.8) is 0 Å². The van der Waals surface area contributed by atoms with E-state index in [9.17, 15) is 8.42 Å². The molecule has 2 rings (SSSR count). The van der Waals surface area contributed by atoms with Crippen LogP contribution in [0.3, 0.4) is 0 Å². The molecule has 3 N–H and O–H groups in total. The Kier molecular flexibility index (Phi) is 3.63. The molecule has 0 spiro atoms. The zero-order valence-corrected chi connectivity index (χ0v) is 11.7. The molecular weight excluding hydrogens is 292 g/mol. The zero-order valence-electron chi connectivity index (χ0n) is 10.9. The fourth-order valence-corrected chi connectivity index (χ4v) is 2.49. The van der Waals surface area contributed by atoms with Crippen LogP contribution in [0.5, 0.6) is 0 Å². The fourth-order valence-electron chi connectivity index (χ4n) is 1.74. The second kappa shape index (κ2) is 5.25. The third-order valence-corrected chi connectivity index (χ3v) is 4.23. The van der Waals surface area contributed by atoms with E-state index in [1.807, 2.05) is 6.07 Å². The predicted octanol–water partition coefficient (Wildman–Crippen LogP) is 0.106. The standard InChI is InChI=1S/C12H10N6O2S/c1-16-21(19,20)8-2-3-9(15)11(4-8)18-7-17-10(5-13)12(18)6-14/h2-4,7,16H,15H2,1H3. The highest BCUT2D eigenvalue weighted by molar-refractivity contribution is 7.89. The first kappa shape index (κ1) is 14.5. The molecule has 0 saturated heterocycles. The first-order valence-corrected chi connectivity index (χ1v) is 7.14. The summed E-state index contributed by atoms with van der Waals surface area (Å²) in [5.74, 6) is 0. The highest BCUT2D eigenvalue weighted by Crippen LogP contribution is 2.23. The molecule has 21 heavy (non-hydrogen) atoms. The first-order valence-electron chi connectivity index (χ1n) is 5.65. The van der Waals surface area contributed by atoms with Crippen molar-refractivity contribution >= 4 is 15.7 Å². The molecule has 0 aliphatic heterocycles. The van der Waals surface area contributed by atoms with E-state index in [1.54, 1.807) is 6.07 Å². The molecule has 0 fully saturated rings. The topological polar surface area (TPSA) is 138 Å². The third-order valence-electron chi connectivity index (χ3n) is 2.82. The molecule has 0 aliphatic carbocycles. The summed E-state index contributed by atoms with van der Waals surface area (Å²) in [7, 11) is -2.36. The van der Waals surface area contributed by atoms with Crippen LogP contribution >= 0.6 is 0 Å². The van der Waals surface area contributed by atoms with Crippen molar-refractivity contribution in [1.29, 1.82) is 10.5 Å². The SMILES string of the molecule is CNS(=O)(=O)c1ccc(N)c(-n2cnc(C#N)c2C#N)c1. The van der Waals surface area contributed by atoms with Crippen LogP contribution in [0.15, 0.2) is 29.4 Å². The predicted molar refractivity (Wildman–Crippen MR) is 73.7 cm³/mol. The average Bonchev–Trinajstić information content (AvgIpc) is 2.90. The van der Waals surface area contributed by atoms with Gasteiger partial charge in [0.25, 0.3) is 0 Å². The van der Waals surface area contributed by atoms with Crippen molar-refractivity contribution in [2.45, 2.75) is 4.90 Å². The molecule has 0 atom stereocenters. The quantitative estimate of drug-likeness (QED) is 0.771. The van der Waals surface area contributed by atoms with E-state index in [0.29, 0.717) is 0 Å². The molecule has 1 aromatic carbocycles. The minimum Gasteiger partial charge on any atom is -0.397 e. The molecule has 1 aromatic heterocycles. The van der Waals surface area contributed by atoms with Crippen LogP contribution in [0.4, 0.5) is 5.69 Å². The number of rotatable bonds is 3. The molecule has 0 saturated carbocycles. The van der Waals surface area contributed by atoms with Gasteiger partial charge in [-0.1, -0.05) is 0 Å². The first-order chi connectivity index (χ1) is 9.94. The molecule has 0 bridgehead atoms. The van der Waals surface area contributed by atoms with Crippen LogP contribution in [0.25, 0.3) is 5.69 Å². The number of nitrogens with two attached hydrogens (primary N) is 1. The zero-order chi connectivity index (χ0) is 15.6. The maximum atomic E-state index is 11.8. The molecule has 8 nitrogen and oxygen atoms in total. The third kappa shape index (κ3) is 2.43. The maximum absolute atomic E-state index is 11.8. The van der Waals surface area contributed by atoms with Gasteiger partial charge in [0.1, 0.15) is 18.5 Å². The largest absolute Gasteiger partial charge is 0.397 e. The van der Waals surface area contributed by atoms with Crippen LogP contribution in [-0.4, -0.2) is 25.0 Å². The number of benzene rings is 1. The Morgan fingerprint density at radius 2 is 2.05 bits per heavy atom. The van der Waals surface area contributed by atoms with Crippen molar-refractivity contribution in [3.05, 3.63) is 35.9 Å². The van der Waals surface area contributed by atoms with Gasteiger partial charge in [-0.05, 0) is 25.2 Å². The van der Waals surface area contributed by atoms with Gasteiger partial charge in [0.15, 0.2) is 11.4 Å². The van der Waals surface area contributed by atoms with Crippen molar-refractivity contribution in [3.8, 4) is 17.8 Å². The number of nitrogens with zero attached hydrogens (tertiary/aromatic N) is 4. The van der Waals surface area contributed by atoms with Crippen LogP contribution in [-0.2, 0) is 10.0 Å². The van der Waals surface area contributed by atoms with Crippen LogP contribution in [0, 0.1) is 22.7 Å². The lowest BCUT2D eigenvalue weighted by Crippen LogP contribution is -2.19. The smallest absolute Gasteiger partial charge is 0.240 e. The van der Waals surface area contributed by atoms with Gasteiger partial charge in [0, 0.05) is 0 Å². The number of hydrogen-bond acceptors (Lipinski definition) is 6. The van der Waals surface area contributed by atoms with E-state index < -0.39 is 10.0 Å². The van der Waals surface area contributed by atoms with Gasteiger partial charge in [-0.2, -0.15) is 10.5 Å². The number of imidazole rings is 1. The van der Waals surface area contributed by atoms with E-state index in [1.165, 1.54) is 36.1 Å². The summed E-state index contributed by atoms with van der Waals surface area (Å²) >= 11 is 0. The Morgan fingerprint density at radius 1 is 1.33 bits per heavy atom. The molecule has 0 amide bonds. The van der Waals surface area contributed by atoms with E-state index in [-0.39, 0.29) is 27.7 Å². The normalized spacial score (nSPS) is 10.8. The molecular formula is C12H10N6O2S. The minimum absolute atomic E-state index is 0.00898. The Hall–Kier alpha value is -2.88. The lowest BCUT2D eigenvalue weighted by atomic mass is 10.2. The van der Waals surface area contributed by atoms with Crippen LogP contribution in [0.2, 0.25) is 0 Å². The van der Waals surface area contributed by atoms with Crippen molar-refractivity contribution in [2.24, 2.45) is 0 Å². The fraction of sp³-hybridized carbons (Fsp3) is 0.0833. The summed E-state index contributed by atoms with van der Waals surface area (Å²) in [6.07, 6.45) is 1.25. The molecule has 0 aliphatic rings. The highest BCUT2D eigenvalue weighted by atomic mass is 32.2. The molecule has 106 valence electrons. The van der Waals surface area contributed by atoms with Crippen molar-refractivity contribution in [2.75, 3.05) is 12.8 Å². The number of aromatic nitrogens is 2. The Morgan fingerprint density at radius 3 is 2.62 bits per heavy atom. The molecule has 1 heterocycles. The number of hydrogen-bond donors (Lipinski definition) is 2. The van der Waals surface area contributed by atoms with Crippen molar-refractivity contribution in [1.82, 2.24) is 14.3 Å². The van der Waals surface area contributed by atoms with Gasteiger partial charge in [-0.15, -0.1) is 0 Å². The second-order valence-electron chi connectivity index (χ2n) is 3.96. The second-order valence-corrected chi connectivity index (χ2v) is 5.85. The van der Waals surface area contributed by atoms with E-state index >= 15 is 0 Å². The summed E-state index contributed by atoms with van der Waals surface area (Å²) in [6, 6.07) is 7.70. The average molecular weight is 302 g/mol. The number of nitrogens with one attached hydrogen (secondary N) is 1. The number of anilines is 1. The summed E-state index contributed by atoms with van der Waals surface area (Å²) in [4.78, 5) is 3.78. The summed E-state index contributed by atoms with van der Waals surface area (Å²) in [5, 5.41) is 18.0. The van der Waals surface area contributed by atoms with Gasteiger partial charge in [0.2, 0.25) is 10.0 Å². The van der Waals surface area contributed by atoms with Crippen LogP contribution in [0.1, 0.15) is 11.4 Å². The Bertz CT molecular complexity index is 885. The van der Waals surface area contributed by atoms with E-state index in [0.717, 1.165) is 0 Å². The summed E-state index contributed by atoms with van der Waals surface area (Å²) in [6.45, 7) is 0. The lowest BCUT2D eigenvalue weighted by molar-refractivity contribution is 0.588. The maximum Gasteiger partial charge on any atom is 0.240 e. The summed E-state index contributed by atoms with van der Waals surface area (Å²) < 4.78 is 27.1. The van der Waals surface area contributed by atoms with Gasteiger partial charge >= 0.3 is 0 Å². The van der Waals surface area contributed by atoms with Crippen LogP contribution < -0.4 is 10.5 Å². The monoisotopic (exact) mass is 302 g/mol. The lowest BCUT2D eigenvalue weighted by Gasteiger charge is -2.10. The Balaban J connectivity index is 2.72. The van der Waals surface area contributed by atoms with Gasteiger partial charge < -0.3 is 5.73 Å². The van der Waals surface area contributed by atoms with Gasteiger partial charge in [-0.25, -0.2) is 18.1 Å². The Labute approximate surface area is 121 Å². The molecule has 9 heteroatoms. The molecule has 0 unspecified atom stereocenters.